The monoisotopic (exact) mass is 731 g/mol. The molecular formula is C35H40F3N5O7S. The van der Waals surface area contributed by atoms with E-state index in [4.69, 9.17) is 9.47 Å². The number of pyridine rings is 1. The van der Waals surface area contributed by atoms with Gasteiger partial charge in [-0.05, 0) is 62.8 Å². The van der Waals surface area contributed by atoms with E-state index in [-0.39, 0.29) is 24.6 Å². The zero-order valence-corrected chi connectivity index (χ0v) is 29.3. The Labute approximate surface area is 293 Å². The standard InChI is InChI=1S/C35H40F3N5O7S/c1-24-7-9-26(10-8-24)51(46,47)43-30(20-25-6-4-12-40-33(25)43)28-23-42(29-22-32(49-3)31(48-2)21-27(28)29)15-13-39-11-5-14-41(16-18-44)17-19-50-34(45)35(36,37)38/h4,6-10,12,20-23,39,44H,5,11,13-19H2,1-3H3. The highest BCUT2D eigenvalue weighted by Crippen LogP contribution is 2.41. The Bertz CT molecular complexity index is 2080. The summed E-state index contributed by atoms with van der Waals surface area (Å²) in [5, 5.41) is 14.1. The normalized spacial score (nSPS) is 12.2. The van der Waals surface area contributed by atoms with Gasteiger partial charge in [-0.25, -0.2) is 22.2 Å². The lowest BCUT2D eigenvalue weighted by atomic mass is 10.1. The number of methoxy groups -OCH3 is 2. The number of hydrogen-bond acceptors (Lipinski definition) is 10. The summed E-state index contributed by atoms with van der Waals surface area (Å²) in [5.74, 6) is -1.26. The third-order valence-corrected chi connectivity index (χ3v) is 10.1. The van der Waals surface area contributed by atoms with Crippen LogP contribution in [0.5, 0.6) is 11.5 Å². The summed E-state index contributed by atoms with van der Waals surface area (Å²) in [6.45, 7) is 3.55. The average molecular weight is 732 g/mol. The van der Waals surface area contributed by atoms with Crippen LogP contribution in [-0.4, -0.2) is 104 Å². The van der Waals surface area contributed by atoms with Crippen LogP contribution in [0.25, 0.3) is 33.2 Å². The van der Waals surface area contributed by atoms with E-state index < -0.39 is 28.8 Å². The summed E-state index contributed by atoms with van der Waals surface area (Å²) in [4.78, 5) is 17.3. The fraction of sp³-hybridized carbons (Fsp3) is 0.371. The Hall–Kier alpha value is -4.64. The van der Waals surface area contributed by atoms with Crippen molar-refractivity contribution in [3.8, 4) is 22.8 Å². The summed E-state index contributed by atoms with van der Waals surface area (Å²) >= 11 is 0. The van der Waals surface area contributed by atoms with E-state index in [0.29, 0.717) is 66.4 Å². The van der Waals surface area contributed by atoms with Gasteiger partial charge in [0.25, 0.3) is 10.0 Å². The molecule has 5 rings (SSSR count). The number of aliphatic hydroxyl groups excluding tert-OH is 1. The van der Waals surface area contributed by atoms with Gasteiger partial charge in [-0.3, -0.25) is 4.90 Å². The second kappa shape index (κ2) is 16.1. The SMILES string of the molecule is COc1cc2c(-c3cc4cccnc4n3S(=O)(=O)c3ccc(C)cc3)cn(CCNCCCN(CCO)CCOC(=O)C(F)(F)F)c2cc1OC. The maximum absolute atomic E-state index is 14.2. The van der Waals surface area contributed by atoms with Crippen molar-refractivity contribution >= 4 is 37.9 Å². The molecule has 51 heavy (non-hydrogen) atoms. The second-order valence-corrected chi connectivity index (χ2v) is 13.6. The molecule has 16 heteroatoms. The number of fused-ring (bicyclic) bond motifs is 2. The number of alkyl halides is 3. The van der Waals surface area contributed by atoms with Crippen LogP contribution in [0, 0.1) is 6.92 Å². The van der Waals surface area contributed by atoms with Crippen molar-refractivity contribution in [1.29, 1.82) is 0 Å². The Morgan fingerprint density at radius 3 is 2.41 bits per heavy atom. The Balaban J connectivity index is 1.39. The zero-order valence-electron chi connectivity index (χ0n) is 28.4. The van der Waals surface area contributed by atoms with Crippen LogP contribution >= 0.6 is 0 Å². The van der Waals surface area contributed by atoms with Crippen molar-refractivity contribution in [3.05, 3.63) is 72.6 Å². The first-order valence-electron chi connectivity index (χ1n) is 16.2. The smallest absolute Gasteiger partial charge is 0.490 e. The number of hydrogen-bond donors (Lipinski definition) is 2. The number of aryl methyl sites for hydroxylation is 1. The van der Waals surface area contributed by atoms with Gasteiger partial charge in [-0.1, -0.05) is 17.7 Å². The Kier molecular flexibility index (Phi) is 11.9. The van der Waals surface area contributed by atoms with Crippen molar-refractivity contribution in [2.75, 3.05) is 60.2 Å². The summed E-state index contributed by atoms with van der Waals surface area (Å²) < 4.78 is 84.5. The number of rotatable bonds is 17. The van der Waals surface area contributed by atoms with Crippen molar-refractivity contribution in [1.82, 2.24) is 23.7 Å². The molecule has 0 saturated carbocycles. The molecule has 0 saturated heterocycles. The molecule has 0 amide bonds. The summed E-state index contributed by atoms with van der Waals surface area (Å²) in [5.41, 5.74) is 3.08. The lowest BCUT2D eigenvalue weighted by molar-refractivity contribution is -0.200. The number of aliphatic hydroxyl groups is 1. The predicted molar refractivity (Wildman–Crippen MR) is 186 cm³/mol. The molecule has 0 aliphatic carbocycles. The first kappa shape index (κ1) is 37.6. The highest BCUT2D eigenvalue weighted by molar-refractivity contribution is 7.90. The number of carbonyl (C=O) groups excluding carboxylic acids is 1. The van der Waals surface area contributed by atoms with Crippen LogP contribution in [0.4, 0.5) is 13.2 Å². The minimum Gasteiger partial charge on any atom is -0.493 e. The number of nitrogens with one attached hydrogen (secondary N) is 1. The third-order valence-electron chi connectivity index (χ3n) is 8.39. The summed E-state index contributed by atoms with van der Waals surface area (Å²) in [7, 11) is -1.01. The summed E-state index contributed by atoms with van der Waals surface area (Å²) in [6.07, 6.45) is -0.989. The van der Waals surface area contributed by atoms with E-state index in [9.17, 15) is 31.5 Å². The van der Waals surface area contributed by atoms with E-state index in [1.807, 2.05) is 42.0 Å². The Morgan fingerprint density at radius 1 is 1.00 bits per heavy atom. The van der Waals surface area contributed by atoms with Crippen LogP contribution in [0.15, 0.2) is 71.9 Å². The van der Waals surface area contributed by atoms with Gasteiger partial charge in [0.15, 0.2) is 17.1 Å². The molecule has 0 aliphatic heterocycles. The van der Waals surface area contributed by atoms with Gasteiger partial charge >= 0.3 is 12.1 Å². The first-order valence-corrected chi connectivity index (χ1v) is 17.6. The predicted octanol–water partition coefficient (Wildman–Crippen LogP) is 4.60. The van der Waals surface area contributed by atoms with Gasteiger partial charge in [0.05, 0.1) is 36.9 Å². The number of halogens is 3. The third kappa shape index (κ3) is 8.47. The molecule has 0 atom stereocenters. The van der Waals surface area contributed by atoms with E-state index in [0.717, 1.165) is 16.5 Å². The minimum absolute atomic E-state index is 0.0533. The molecule has 0 aliphatic rings. The lowest BCUT2D eigenvalue weighted by Crippen LogP contribution is -2.35. The molecule has 274 valence electrons. The van der Waals surface area contributed by atoms with Crippen LogP contribution in [0.3, 0.4) is 0 Å². The Morgan fingerprint density at radius 2 is 1.73 bits per heavy atom. The molecule has 3 heterocycles. The average Bonchev–Trinajstić information content (AvgIpc) is 3.67. The molecule has 0 spiro atoms. The topological polar surface area (TPSA) is 137 Å². The molecule has 2 aromatic carbocycles. The van der Waals surface area contributed by atoms with Crippen molar-refractivity contribution in [2.45, 2.75) is 31.0 Å². The number of aromatic nitrogens is 3. The number of ether oxygens (including phenoxy) is 3. The van der Waals surface area contributed by atoms with Gasteiger partial charge in [0, 0.05) is 61.0 Å². The molecule has 5 aromatic rings. The molecule has 2 N–H and O–H groups in total. The molecule has 0 radical (unpaired) electrons. The van der Waals surface area contributed by atoms with Crippen molar-refractivity contribution in [2.24, 2.45) is 0 Å². The highest BCUT2D eigenvalue weighted by atomic mass is 32.2. The van der Waals surface area contributed by atoms with Gasteiger partial charge in [0.1, 0.15) is 6.61 Å². The minimum atomic E-state index is -5.05. The zero-order chi connectivity index (χ0) is 36.8. The quantitative estimate of drug-likeness (QED) is 0.103. The number of carbonyl (C=O) groups is 1. The van der Waals surface area contributed by atoms with Crippen LogP contribution in [-0.2, 0) is 26.1 Å². The van der Waals surface area contributed by atoms with E-state index >= 15 is 0 Å². The largest absolute Gasteiger partial charge is 0.493 e. The molecule has 0 bridgehead atoms. The summed E-state index contributed by atoms with van der Waals surface area (Å²) in [6, 6.07) is 15.7. The van der Waals surface area contributed by atoms with Gasteiger partial charge in [-0.2, -0.15) is 13.2 Å². The van der Waals surface area contributed by atoms with Crippen molar-refractivity contribution in [3.63, 3.8) is 0 Å². The molecule has 0 fully saturated rings. The van der Waals surface area contributed by atoms with Crippen LogP contribution in [0.1, 0.15) is 12.0 Å². The van der Waals surface area contributed by atoms with Gasteiger partial charge in [-0.15, -0.1) is 0 Å². The lowest BCUT2D eigenvalue weighted by Gasteiger charge is -2.21. The van der Waals surface area contributed by atoms with Crippen LogP contribution in [0.2, 0.25) is 0 Å². The highest BCUT2D eigenvalue weighted by Gasteiger charge is 2.40. The fourth-order valence-electron chi connectivity index (χ4n) is 5.84. The fourth-order valence-corrected chi connectivity index (χ4v) is 7.32. The first-order chi connectivity index (χ1) is 24.4. The number of nitrogens with zero attached hydrogens (tertiary/aromatic N) is 4. The molecule has 12 nitrogen and oxygen atoms in total. The maximum atomic E-state index is 14.2. The van der Waals surface area contributed by atoms with E-state index in [2.05, 4.69) is 15.0 Å². The number of benzene rings is 2. The number of esters is 1. The van der Waals surface area contributed by atoms with E-state index in [1.165, 1.54) is 18.2 Å². The molecule has 3 aromatic heterocycles. The molecule has 0 unspecified atom stereocenters. The molecular weight excluding hydrogens is 691 g/mol. The van der Waals surface area contributed by atoms with Gasteiger partial charge < -0.3 is 29.2 Å². The van der Waals surface area contributed by atoms with E-state index in [1.54, 1.807) is 41.4 Å². The van der Waals surface area contributed by atoms with Gasteiger partial charge in [0.2, 0.25) is 0 Å². The maximum Gasteiger partial charge on any atom is 0.490 e. The van der Waals surface area contributed by atoms with Crippen molar-refractivity contribution < 1.29 is 45.7 Å². The second-order valence-electron chi connectivity index (χ2n) is 11.8. The van der Waals surface area contributed by atoms with Crippen LogP contribution < -0.4 is 14.8 Å².